The predicted molar refractivity (Wildman–Crippen MR) is 85.9 cm³/mol. The van der Waals surface area contributed by atoms with Crippen LogP contribution in [0.2, 0.25) is 0 Å². The van der Waals surface area contributed by atoms with Gasteiger partial charge in [0.2, 0.25) is 0 Å². The minimum atomic E-state index is -0.403. The molecule has 7 heteroatoms. The number of carbonyl (C=O) groups is 1. The van der Waals surface area contributed by atoms with E-state index < -0.39 is 6.10 Å². The summed E-state index contributed by atoms with van der Waals surface area (Å²) in [7, 11) is 0. The van der Waals surface area contributed by atoms with Gasteiger partial charge in [-0.2, -0.15) is 0 Å². The maximum absolute atomic E-state index is 13.3. The minimum Gasteiger partial charge on any atom is -0.370 e. The van der Waals surface area contributed by atoms with Crippen molar-refractivity contribution in [3.8, 4) is 0 Å². The smallest absolute Gasteiger partial charge is 0.251 e. The standard InChI is InChI=1S/C16H21FN2O3.ClH/c17-12-3-1-2-11(8-12)15-10-19(6-7-21-15)16(20)14-5-4-13(9-18)22-14;/h1-3,8,13-15H,4-7,9-10,18H2;1H/t13-,14+,15?;/m1./s1. The largest absolute Gasteiger partial charge is 0.370 e. The molecule has 23 heavy (non-hydrogen) atoms. The van der Waals surface area contributed by atoms with Crippen molar-refractivity contribution in [2.45, 2.75) is 31.2 Å². The Hall–Kier alpha value is -1.21. The van der Waals surface area contributed by atoms with Crippen LogP contribution in [0.4, 0.5) is 4.39 Å². The molecule has 2 fully saturated rings. The quantitative estimate of drug-likeness (QED) is 0.905. The third-order valence-corrected chi connectivity index (χ3v) is 4.24. The van der Waals surface area contributed by atoms with Crippen molar-refractivity contribution in [2.24, 2.45) is 5.73 Å². The van der Waals surface area contributed by atoms with Crippen LogP contribution in [0.5, 0.6) is 0 Å². The van der Waals surface area contributed by atoms with Gasteiger partial charge >= 0.3 is 0 Å². The lowest BCUT2D eigenvalue weighted by molar-refractivity contribution is -0.150. The molecule has 2 heterocycles. The van der Waals surface area contributed by atoms with E-state index in [-0.39, 0.29) is 36.3 Å². The molecule has 5 nitrogen and oxygen atoms in total. The van der Waals surface area contributed by atoms with Gasteiger partial charge in [-0.3, -0.25) is 4.79 Å². The molecule has 3 atom stereocenters. The molecule has 3 rings (SSSR count). The molecule has 1 aromatic rings. The third-order valence-electron chi connectivity index (χ3n) is 4.24. The van der Waals surface area contributed by atoms with E-state index in [1.165, 1.54) is 12.1 Å². The van der Waals surface area contributed by atoms with Crippen LogP contribution in [0.3, 0.4) is 0 Å². The Balaban J connectivity index is 0.00000192. The third kappa shape index (κ3) is 4.20. The summed E-state index contributed by atoms with van der Waals surface area (Å²) in [6.45, 7) is 1.85. The van der Waals surface area contributed by atoms with Crippen molar-refractivity contribution in [3.63, 3.8) is 0 Å². The number of benzene rings is 1. The summed E-state index contributed by atoms with van der Waals surface area (Å²) in [5.74, 6) is -0.310. The number of hydrogen-bond donors (Lipinski definition) is 1. The summed E-state index contributed by atoms with van der Waals surface area (Å²) in [5.41, 5.74) is 6.34. The Labute approximate surface area is 141 Å². The van der Waals surface area contributed by atoms with Crippen molar-refractivity contribution < 1.29 is 18.7 Å². The topological polar surface area (TPSA) is 64.8 Å². The van der Waals surface area contributed by atoms with Crippen LogP contribution < -0.4 is 5.73 Å². The number of nitrogens with zero attached hydrogens (tertiary/aromatic N) is 1. The zero-order valence-corrected chi connectivity index (χ0v) is 13.6. The zero-order chi connectivity index (χ0) is 15.5. The molecule has 2 aliphatic rings. The molecule has 0 aromatic heterocycles. The molecule has 0 aliphatic carbocycles. The van der Waals surface area contributed by atoms with E-state index in [2.05, 4.69) is 0 Å². The lowest BCUT2D eigenvalue weighted by Crippen LogP contribution is -2.46. The fraction of sp³-hybridized carbons (Fsp3) is 0.562. The first-order valence-electron chi connectivity index (χ1n) is 7.68. The van der Waals surface area contributed by atoms with Gasteiger partial charge in [0.15, 0.2) is 0 Å². The van der Waals surface area contributed by atoms with Gasteiger partial charge in [0.05, 0.1) is 19.3 Å². The second-order valence-corrected chi connectivity index (χ2v) is 5.76. The molecule has 1 aromatic carbocycles. The lowest BCUT2D eigenvalue weighted by Gasteiger charge is -2.34. The van der Waals surface area contributed by atoms with Gasteiger partial charge in [-0.15, -0.1) is 12.4 Å². The predicted octanol–water partition coefficient (Wildman–Crippen LogP) is 1.65. The molecule has 128 valence electrons. The van der Waals surface area contributed by atoms with Crippen molar-refractivity contribution in [3.05, 3.63) is 35.6 Å². The summed E-state index contributed by atoms with van der Waals surface area (Å²) in [6.07, 6.45) is 0.821. The van der Waals surface area contributed by atoms with Gasteiger partial charge in [-0.25, -0.2) is 4.39 Å². The molecule has 2 saturated heterocycles. The fourth-order valence-electron chi connectivity index (χ4n) is 3.02. The normalized spacial score (nSPS) is 27.6. The Kier molecular flexibility index (Phi) is 6.35. The second kappa shape index (κ2) is 8.06. The highest BCUT2D eigenvalue weighted by atomic mass is 35.5. The Morgan fingerprint density at radius 3 is 2.91 bits per heavy atom. The van der Waals surface area contributed by atoms with Crippen LogP contribution in [-0.4, -0.2) is 49.3 Å². The molecule has 0 radical (unpaired) electrons. The van der Waals surface area contributed by atoms with Gasteiger partial charge in [0, 0.05) is 13.1 Å². The number of nitrogens with two attached hydrogens (primary N) is 1. The number of ether oxygens (including phenoxy) is 2. The van der Waals surface area contributed by atoms with E-state index in [0.29, 0.717) is 32.7 Å². The van der Waals surface area contributed by atoms with Crippen molar-refractivity contribution in [2.75, 3.05) is 26.2 Å². The van der Waals surface area contributed by atoms with E-state index in [1.54, 1.807) is 11.0 Å². The maximum Gasteiger partial charge on any atom is 0.251 e. The monoisotopic (exact) mass is 344 g/mol. The fourth-order valence-corrected chi connectivity index (χ4v) is 3.02. The number of carbonyl (C=O) groups excluding carboxylic acids is 1. The molecule has 2 N–H and O–H groups in total. The first-order valence-corrected chi connectivity index (χ1v) is 7.68. The zero-order valence-electron chi connectivity index (χ0n) is 12.8. The van der Waals surface area contributed by atoms with Crippen LogP contribution in [0.25, 0.3) is 0 Å². The lowest BCUT2D eigenvalue weighted by atomic mass is 10.1. The average Bonchev–Trinajstić information content (AvgIpc) is 3.03. The highest BCUT2D eigenvalue weighted by molar-refractivity contribution is 5.85. The molecule has 1 amide bonds. The Bertz CT molecular complexity index is 546. The Morgan fingerprint density at radius 1 is 1.39 bits per heavy atom. The Morgan fingerprint density at radius 2 is 2.22 bits per heavy atom. The van der Waals surface area contributed by atoms with Crippen LogP contribution in [0.15, 0.2) is 24.3 Å². The van der Waals surface area contributed by atoms with Gasteiger partial charge in [-0.05, 0) is 30.5 Å². The van der Waals surface area contributed by atoms with Crippen molar-refractivity contribution in [1.82, 2.24) is 4.90 Å². The van der Waals surface area contributed by atoms with Gasteiger partial charge in [0.1, 0.15) is 18.0 Å². The minimum absolute atomic E-state index is 0. The first-order chi connectivity index (χ1) is 10.7. The van der Waals surface area contributed by atoms with Crippen LogP contribution in [-0.2, 0) is 14.3 Å². The van der Waals surface area contributed by atoms with E-state index in [9.17, 15) is 9.18 Å². The summed E-state index contributed by atoms with van der Waals surface area (Å²) in [6, 6.07) is 6.32. The maximum atomic E-state index is 13.3. The highest BCUT2D eigenvalue weighted by Gasteiger charge is 2.35. The highest BCUT2D eigenvalue weighted by Crippen LogP contribution is 2.26. The van der Waals surface area contributed by atoms with E-state index in [0.717, 1.165) is 12.0 Å². The molecular weight excluding hydrogens is 323 g/mol. The van der Waals surface area contributed by atoms with Gasteiger partial charge in [0.25, 0.3) is 5.91 Å². The number of morpholine rings is 1. The van der Waals surface area contributed by atoms with Gasteiger partial charge < -0.3 is 20.1 Å². The molecular formula is C16H22ClFN2O3. The van der Waals surface area contributed by atoms with E-state index in [1.807, 2.05) is 6.07 Å². The molecule has 1 unspecified atom stereocenters. The van der Waals surface area contributed by atoms with Crippen LogP contribution in [0.1, 0.15) is 24.5 Å². The molecule has 0 saturated carbocycles. The summed E-state index contributed by atoms with van der Waals surface area (Å²) in [4.78, 5) is 14.3. The van der Waals surface area contributed by atoms with E-state index in [4.69, 9.17) is 15.2 Å². The number of rotatable bonds is 3. The second-order valence-electron chi connectivity index (χ2n) is 5.76. The van der Waals surface area contributed by atoms with Crippen molar-refractivity contribution in [1.29, 1.82) is 0 Å². The van der Waals surface area contributed by atoms with Gasteiger partial charge in [-0.1, -0.05) is 12.1 Å². The van der Waals surface area contributed by atoms with Crippen LogP contribution >= 0.6 is 12.4 Å². The SMILES string of the molecule is Cl.NC[C@H]1CC[C@@H](C(=O)N2CCOC(c3cccc(F)c3)C2)O1. The summed E-state index contributed by atoms with van der Waals surface area (Å²) >= 11 is 0. The number of hydrogen-bond acceptors (Lipinski definition) is 4. The molecule has 0 bridgehead atoms. The van der Waals surface area contributed by atoms with Crippen molar-refractivity contribution >= 4 is 18.3 Å². The molecule has 0 spiro atoms. The summed E-state index contributed by atoms with van der Waals surface area (Å²) < 4.78 is 24.7. The molecule has 2 aliphatic heterocycles. The number of halogens is 2. The first kappa shape index (κ1) is 18.1. The summed E-state index contributed by atoms with van der Waals surface area (Å²) in [5, 5.41) is 0. The number of amides is 1. The van der Waals surface area contributed by atoms with E-state index >= 15 is 0 Å². The average molecular weight is 345 g/mol. The van der Waals surface area contributed by atoms with Crippen LogP contribution in [0, 0.1) is 5.82 Å².